The topological polar surface area (TPSA) is 120 Å². The first kappa shape index (κ1) is 27.6. The van der Waals surface area contributed by atoms with E-state index in [0.29, 0.717) is 42.2 Å². The number of piperidine rings is 1. The molecule has 10 heteroatoms. The molecule has 6 atom stereocenters. The third-order valence-electron chi connectivity index (χ3n) is 10.6. The number of nitrogens with two attached hydrogens (primary N) is 1. The Morgan fingerprint density at radius 1 is 1.05 bits per heavy atom. The summed E-state index contributed by atoms with van der Waals surface area (Å²) < 4.78 is 10.2. The Labute approximate surface area is 256 Å². The van der Waals surface area contributed by atoms with Crippen molar-refractivity contribution in [2.45, 2.75) is 64.1 Å². The zero-order valence-corrected chi connectivity index (χ0v) is 25.8. The number of hydrogen-bond donors (Lipinski definition) is 2. The van der Waals surface area contributed by atoms with Gasteiger partial charge in [-0.3, -0.25) is 9.59 Å². The first-order chi connectivity index (χ1) is 21.3. The second kappa shape index (κ2) is 10.3. The average molecular weight is 596 g/mol. The number of imidazole rings is 1. The Hall–Kier alpha value is -3.92. The molecule has 230 valence electrons. The SMILES string of the molecule is COc1cc(C(=O)N2CCC[C@@H](N)C2)cc2nc(-c3cc4ccc5nc4n3C[C@@H]3C[C@H]3CC[C@H]3C[C@@H]3C(=O)N[C@@H]5C)n(C)c12. The first-order valence-corrected chi connectivity index (χ1v) is 16.2. The Morgan fingerprint density at radius 2 is 1.89 bits per heavy atom. The molecule has 4 aliphatic rings. The third-order valence-corrected chi connectivity index (χ3v) is 10.6. The molecule has 44 heavy (non-hydrogen) atoms. The lowest BCUT2D eigenvalue weighted by Crippen LogP contribution is -2.45. The van der Waals surface area contributed by atoms with Crippen molar-refractivity contribution >= 4 is 33.9 Å². The van der Waals surface area contributed by atoms with E-state index in [4.69, 9.17) is 20.4 Å². The second-order valence-corrected chi connectivity index (χ2v) is 13.6. The van der Waals surface area contributed by atoms with E-state index in [1.54, 1.807) is 7.11 Å². The molecule has 4 aromatic rings. The quantitative estimate of drug-likeness (QED) is 0.362. The fourth-order valence-electron chi connectivity index (χ4n) is 7.78. The summed E-state index contributed by atoms with van der Waals surface area (Å²) in [5, 5.41) is 4.27. The van der Waals surface area contributed by atoms with Gasteiger partial charge in [0.25, 0.3) is 5.91 Å². The van der Waals surface area contributed by atoms with E-state index in [-0.39, 0.29) is 29.8 Å². The van der Waals surface area contributed by atoms with Crippen LogP contribution in [0.3, 0.4) is 0 Å². The number of pyridine rings is 1. The lowest BCUT2D eigenvalue weighted by Gasteiger charge is -2.30. The van der Waals surface area contributed by atoms with Gasteiger partial charge in [0.15, 0.2) is 5.82 Å². The van der Waals surface area contributed by atoms with E-state index in [0.717, 1.165) is 71.5 Å². The van der Waals surface area contributed by atoms with Gasteiger partial charge in [-0.2, -0.15) is 0 Å². The molecule has 0 unspecified atom stereocenters. The van der Waals surface area contributed by atoms with Crippen LogP contribution in [0, 0.1) is 23.7 Å². The van der Waals surface area contributed by atoms with Crippen LogP contribution >= 0.6 is 0 Å². The molecule has 8 rings (SSSR count). The molecule has 2 bridgehead atoms. The standard InChI is InChI=1S/C34H41N7O3/c1-18-26-9-8-21-14-28(41(31(21)37-26)16-23-11-19(23)6-7-20-12-25(20)33(42)36-18)32-38-27-13-22(15-29(44-3)30(27)39(32)2)34(43)40-10-4-5-24(35)17-40/h8-9,13-15,18-20,23-25H,4-7,10-12,16-17,35H2,1-3H3,(H,36,42)/t18-,19-,20+,23+,24-,25+/m1/s1. The number of carbonyl (C=O) groups excluding carboxylic acids is 2. The van der Waals surface area contributed by atoms with E-state index in [1.807, 2.05) is 37.1 Å². The van der Waals surface area contributed by atoms with Gasteiger partial charge >= 0.3 is 0 Å². The summed E-state index contributed by atoms with van der Waals surface area (Å²) in [5.41, 5.74) is 11.1. The summed E-state index contributed by atoms with van der Waals surface area (Å²) in [7, 11) is 3.65. The van der Waals surface area contributed by atoms with Crippen molar-refractivity contribution in [1.82, 2.24) is 29.3 Å². The number of benzene rings is 1. The molecule has 3 fully saturated rings. The first-order valence-electron chi connectivity index (χ1n) is 16.2. The molecule has 1 aromatic carbocycles. The van der Waals surface area contributed by atoms with Crippen molar-refractivity contribution in [3.63, 3.8) is 0 Å². The van der Waals surface area contributed by atoms with Crippen LogP contribution in [0.15, 0.2) is 30.3 Å². The number of rotatable bonds is 3. The molecule has 0 radical (unpaired) electrons. The highest BCUT2D eigenvalue weighted by atomic mass is 16.5. The van der Waals surface area contributed by atoms with Crippen LogP contribution < -0.4 is 15.8 Å². The summed E-state index contributed by atoms with van der Waals surface area (Å²) in [4.78, 5) is 38.6. The van der Waals surface area contributed by atoms with Crippen LogP contribution in [-0.4, -0.2) is 62.1 Å². The normalized spacial score (nSPS) is 28.4. The maximum atomic E-state index is 13.5. The number of ether oxygens (including phenoxy) is 1. The number of likely N-dealkylation sites (tertiary alicyclic amines) is 1. The predicted molar refractivity (Wildman–Crippen MR) is 168 cm³/mol. The molecule has 2 aliphatic heterocycles. The molecule has 10 nitrogen and oxygen atoms in total. The molecule has 2 saturated carbocycles. The molecule has 2 aliphatic carbocycles. The van der Waals surface area contributed by atoms with Crippen molar-refractivity contribution in [1.29, 1.82) is 0 Å². The summed E-state index contributed by atoms with van der Waals surface area (Å²) in [5.74, 6) is 3.53. The van der Waals surface area contributed by atoms with Crippen molar-refractivity contribution in [3.05, 3.63) is 41.6 Å². The Morgan fingerprint density at radius 3 is 2.70 bits per heavy atom. The van der Waals surface area contributed by atoms with E-state index in [2.05, 4.69) is 26.6 Å². The lowest BCUT2D eigenvalue weighted by molar-refractivity contribution is -0.123. The summed E-state index contributed by atoms with van der Waals surface area (Å²) in [6, 6.07) is 9.88. The number of methoxy groups -OCH3 is 1. The second-order valence-electron chi connectivity index (χ2n) is 13.6. The molecule has 5 heterocycles. The number of amides is 2. The van der Waals surface area contributed by atoms with Gasteiger partial charge in [-0.15, -0.1) is 0 Å². The summed E-state index contributed by atoms with van der Waals surface area (Å²) >= 11 is 0. The molecule has 1 saturated heterocycles. The minimum atomic E-state index is -0.165. The highest BCUT2D eigenvalue weighted by Crippen LogP contribution is 2.50. The van der Waals surface area contributed by atoms with Crippen molar-refractivity contribution in [2.24, 2.45) is 36.5 Å². The lowest BCUT2D eigenvalue weighted by atomic mass is 10.0. The van der Waals surface area contributed by atoms with Gasteiger partial charge in [-0.1, -0.05) is 0 Å². The highest BCUT2D eigenvalue weighted by Gasteiger charge is 2.45. The van der Waals surface area contributed by atoms with Gasteiger partial charge in [-0.25, -0.2) is 9.97 Å². The highest BCUT2D eigenvalue weighted by molar-refractivity contribution is 6.00. The van der Waals surface area contributed by atoms with Crippen LogP contribution in [0.5, 0.6) is 5.75 Å². The van der Waals surface area contributed by atoms with Crippen molar-refractivity contribution < 1.29 is 14.3 Å². The number of nitrogens with one attached hydrogen (secondary N) is 1. The average Bonchev–Trinajstić information content (AvgIpc) is 3.90. The minimum absolute atomic E-state index is 0.00889. The molecule has 3 N–H and O–H groups in total. The molecule has 2 amide bonds. The van der Waals surface area contributed by atoms with Crippen LogP contribution in [0.2, 0.25) is 0 Å². The van der Waals surface area contributed by atoms with Crippen molar-refractivity contribution in [3.8, 4) is 17.3 Å². The molecular formula is C34H41N7O3. The Balaban J connectivity index is 1.22. The Bertz CT molecular complexity index is 1810. The van der Waals surface area contributed by atoms with Crippen LogP contribution in [-0.2, 0) is 18.4 Å². The minimum Gasteiger partial charge on any atom is -0.494 e. The maximum Gasteiger partial charge on any atom is 0.254 e. The number of aromatic nitrogens is 4. The van der Waals surface area contributed by atoms with E-state index >= 15 is 0 Å². The zero-order valence-electron chi connectivity index (χ0n) is 25.8. The monoisotopic (exact) mass is 595 g/mol. The van der Waals surface area contributed by atoms with E-state index < -0.39 is 0 Å². The van der Waals surface area contributed by atoms with E-state index in [9.17, 15) is 9.59 Å². The van der Waals surface area contributed by atoms with Crippen LogP contribution in [0.1, 0.15) is 67.5 Å². The molecule has 3 aromatic heterocycles. The van der Waals surface area contributed by atoms with Crippen LogP contribution in [0.25, 0.3) is 33.6 Å². The third kappa shape index (κ3) is 4.65. The molecule has 0 spiro atoms. The maximum absolute atomic E-state index is 13.5. The van der Waals surface area contributed by atoms with Gasteiger partial charge in [0.1, 0.15) is 16.9 Å². The fraction of sp³-hybridized carbons (Fsp3) is 0.529. The van der Waals surface area contributed by atoms with E-state index in [1.165, 1.54) is 12.8 Å². The van der Waals surface area contributed by atoms with Gasteiger partial charge in [0, 0.05) is 49.6 Å². The van der Waals surface area contributed by atoms with Crippen LogP contribution in [0.4, 0.5) is 0 Å². The number of carbonyl (C=O) groups is 2. The number of fused-ring (bicyclic) bond motifs is 4. The zero-order chi connectivity index (χ0) is 30.3. The molecular weight excluding hydrogens is 554 g/mol. The number of hydrogen-bond acceptors (Lipinski definition) is 6. The van der Waals surface area contributed by atoms with Gasteiger partial charge in [-0.05, 0) is 93.5 Å². The largest absolute Gasteiger partial charge is 0.494 e. The Kier molecular flexibility index (Phi) is 6.48. The fourth-order valence-corrected chi connectivity index (χ4v) is 7.78. The van der Waals surface area contributed by atoms with Gasteiger partial charge in [0.2, 0.25) is 5.91 Å². The summed E-state index contributed by atoms with van der Waals surface area (Å²) in [6.45, 7) is 4.18. The smallest absolute Gasteiger partial charge is 0.254 e. The van der Waals surface area contributed by atoms with Gasteiger partial charge in [0.05, 0.1) is 30.1 Å². The number of aryl methyl sites for hydroxylation is 1. The number of nitrogens with zero attached hydrogens (tertiary/aromatic N) is 5. The van der Waals surface area contributed by atoms with Crippen molar-refractivity contribution in [2.75, 3.05) is 20.2 Å². The summed E-state index contributed by atoms with van der Waals surface area (Å²) in [6.07, 6.45) is 6.40. The van der Waals surface area contributed by atoms with Gasteiger partial charge < -0.3 is 29.8 Å². The predicted octanol–water partition coefficient (Wildman–Crippen LogP) is 4.41.